The lowest BCUT2D eigenvalue weighted by Crippen LogP contribution is -2.02. The van der Waals surface area contributed by atoms with Gasteiger partial charge in [-0.3, -0.25) is 4.79 Å². The average Bonchev–Trinajstić information content (AvgIpc) is 2.36. The minimum atomic E-state index is 0. The van der Waals surface area contributed by atoms with Gasteiger partial charge in [-0.2, -0.15) is 0 Å². The average molecular weight is 170 g/mol. The molecule has 1 aliphatic rings. The fraction of sp³-hybridized carbons (Fsp3) is 0.125. The molecule has 0 aliphatic heterocycles. The molecule has 0 bridgehead atoms. The smallest absolute Gasteiger partial charge is 0.183 e. The van der Waals surface area contributed by atoms with Gasteiger partial charge in [-0.1, -0.05) is 12.2 Å². The van der Waals surface area contributed by atoms with Crippen LogP contribution in [0.4, 0.5) is 0 Å². The van der Waals surface area contributed by atoms with Gasteiger partial charge in [0.05, 0.1) is 5.69 Å². The lowest BCUT2D eigenvalue weighted by molar-refractivity contribution is 0.0990. The first-order valence-electron chi connectivity index (χ1n) is 3.25. The Morgan fingerprint density at radius 2 is 2.27 bits per heavy atom. The first-order valence-corrected chi connectivity index (χ1v) is 3.25. The molecule has 11 heavy (non-hydrogen) atoms. The number of allylic oxidation sites excluding steroid dienone is 1. The maximum Gasteiger partial charge on any atom is 0.183 e. The Morgan fingerprint density at radius 3 is 3.00 bits per heavy atom. The number of aromatic amines is 1. The summed E-state index contributed by atoms with van der Waals surface area (Å²) < 4.78 is 0. The van der Waals surface area contributed by atoms with Crippen molar-refractivity contribution in [2.45, 2.75) is 6.42 Å². The molecule has 2 rings (SSSR count). The quantitative estimate of drug-likeness (QED) is 0.634. The molecule has 0 atom stereocenters. The second-order valence-electron chi connectivity index (χ2n) is 2.34. The zero-order chi connectivity index (χ0) is 6.97. The number of hydrogen-bond donors (Lipinski definition) is 1. The van der Waals surface area contributed by atoms with Gasteiger partial charge < -0.3 is 4.98 Å². The third-order valence-electron chi connectivity index (χ3n) is 1.66. The summed E-state index contributed by atoms with van der Waals surface area (Å²) in [5.41, 5.74) is 1.76. The largest absolute Gasteiger partial charge is 0.358 e. The Bertz CT molecular complexity index is 301. The van der Waals surface area contributed by atoms with E-state index in [4.69, 9.17) is 0 Å². The molecular weight excluding hydrogens is 162 g/mol. The van der Waals surface area contributed by atoms with E-state index in [0.29, 0.717) is 6.42 Å². The Labute approximate surface area is 70.7 Å². The summed E-state index contributed by atoms with van der Waals surface area (Å²) in [6.45, 7) is 0. The van der Waals surface area contributed by atoms with Crippen molar-refractivity contribution in [3.8, 4) is 0 Å². The lowest BCUT2D eigenvalue weighted by atomic mass is 10.0. The third-order valence-corrected chi connectivity index (χ3v) is 1.66. The number of carbonyl (C=O) groups excluding carboxylic acids is 1. The third kappa shape index (κ3) is 1.21. The number of ketones is 1. The number of rotatable bonds is 0. The van der Waals surface area contributed by atoms with Crippen molar-refractivity contribution in [3.05, 3.63) is 29.6 Å². The number of hydrogen-bond acceptors (Lipinski definition) is 1. The van der Waals surface area contributed by atoms with Crippen molar-refractivity contribution < 1.29 is 4.79 Å². The molecule has 1 aromatic rings. The van der Waals surface area contributed by atoms with Gasteiger partial charge in [0, 0.05) is 18.2 Å². The number of halogens is 1. The van der Waals surface area contributed by atoms with Crippen molar-refractivity contribution in [2.75, 3.05) is 0 Å². The standard InChI is InChI=1S/C8H7NO.ClH/c10-7-3-1-2-6-4-5-9-8(6)7;/h1-2,4-5,9H,3H2;1H. The minimum absolute atomic E-state index is 0. The van der Waals surface area contributed by atoms with Gasteiger partial charge in [-0.25, -0.2) is 0 Å². The molecule has 0 aromatic carbocycles. The van der Waals surface area contributed by atoms with Crippen LogP contribution in [0.3, 0.4) is 0 Å². The van der Waals surface area contributed by atoms with Crippen LogP contribution in [0.15, 0.2) is 18.3 Å². The van der Waals surface area contributed by atoms with Gasteiger partial charge in [-0.15, -0.1) is 12.4 Å². The molecule has 0 amide bonds. The normalized spacial score (nSPS) is 14.0. The summed E-state index contributed by atoms with van der Waals surface area (Å²) in [6, 6.07) is 1.91. The Kier molecular flexibility index (Phi) is 2.15. The number of H-pyrrole nitrogens is 1. The van der Waals surface area contributed by atoms with Crippen LogP contribution in [-0.4, -0.2) is 10.8 Å². The molecule has 58 valence electrons. The van der Waals surface area contributed by atoms with E-state index in [1.165, 1.54) is 0 Å². The van der Waals surface area contributed by atoms with Crippen molar-refractivity contribution >= 4 is 24.3 Å². The van der Waals surface area contributed by atoms with Crippen LogP contribution in [0.25, 0.3) is 6.08 Å². The van der Waals surface area contributed by atoms with Crippen LogP contribution in [0.2, 0.25) is 0 Å². The monoisotopic (exact) mass is 169 g/mol. The fourth-order valence-electron chi connectivity index (χ4n) is 1.16. The Hall–Kier alpha value is -1.02. The van der Waals surface area contributed by atoms with Crippen molar-refractivity contribution in [1.82, 2.24) is 4.98 Å². The zero-order valence-corrected chi connectivity index (χ0v) is 6.65. The first kappa shape index (κ1) is 8.08. The summed E-state index contributed by atoms with van der Waals surface area (Å²) in [5, 5.41) is 0. The van der Waals surface area contributed by atoms with Crippen LogP contribution in [-0.2, 0) is 0 Å². The van der Waals surface area contributed by atoms with E-state index in [1.54, 1.807) is 6.20 Å². The maximum absolute atomic E-state index is 11.1. The molecular formula is C8H8ClNO. The van der Waals surface area contributed by atoms with Gasteiger partial charge in [0.25, 0.3) is 0 Å². The molecule has 0 spiro atoms. The highest BCUT2D eigenvalue weighted by molar-refractivity contribution is 6.01. The van der Waals surface area contributed by atoms with Crippen LogP contribution in [0.1, 0.15) is 22.5 Å². The SMILES string of the molecule is Cl.O=C1CC=Cc2cc[nH]c21. The summed E-state index contributed by atoms with van der Waals surface area (Å²) in [5.74, 6) is 0.183. The summed E-state index contributed by atoms with van der Waals surface area (Å²) in [6.07, 6.45) is 6.18. The van der Waals surface area contributed by atoms with E-state index in [0.717, 1.165) is 11.3 Å². The maximum atomic E-state index is 11.1. The van der Waals surface area contributed by atoms with E-state index in [-0.39, 0.29) is 18.2 Å². The van der Waals surface area contributed by atoms with Crippen LogP contribution in [0, 0.1) is 0 Å². The molecule has 3 heteroatoms. The van der Waals surface area contributed by atoms with E-state index in [2.05, 4.69) is 4.98 Å². The Balaban J connectivity index is 0.000000605. The summed E-state index contributed by atoms with van der Waals surface area (Å²) in [7, 11) is 0. The number of Topliss-reactive ketones (excluding diaryl/α,β-unsaturated/α-hetero) is 1. The van der Waals surface area contributed by atoms with E-state index in [9.17, 15) is 4.79 Å². The van der Waals surface area contributed by atoms with Gasteiger partial charge in [0.1, 0.15) is 0 Å². The number of aromatic nitrogens is 1. The molecule has 0 saturated heterocycles. The summed E-state index contributed by atoms with van der Waals surface area (Å²) >= 11 is 0. The van der Waals surface area contributed by atoms with E-state index >= 15 is 0 Å². The van der Waals surface area contributed by atoms with Gasteiger partial charge in [-0.05, 0) is 6.07 Å². The molecule has 1 aromatic heterocycles. The second-order valence-corrected chi connectivity index (χ2v) is 2.34. The molecule has 1 aliphatic carbocycles. The molecule has 1 heterocycles. The van der Waals surface area contributed by atoms with Crippen molar-refractivity contribution in [1.29, 1.82) is 0 Å². The lowest BCUT2D eigenvalue weighted by Gasteiger charge is -2.01. The second kappa shape index (κ2) is 2.93. The van der Waals surface area contributed by atoms with Gasteiger partial charge in [0.15, 0.2) is 5.78 Å². The highest BCUT2D eigenvalue weighted by Crippen LogP contribution is 2.16. The first-order chi connectivity index (χ1) is 4.88. The predicted octanol–water partition coefficient (Wildman–Crippen LogP) is 2.04. The molecule has 0 fully saturated rings. The van der Waals surface area contributed by atoms with Gasteiger partial charge >= 0.3 is 0 Å². The molecule has 1 N–H and O–H groups in total. The van der Waals surface area contributed by atoms with Crippen molar-refractivity contribution in [2.24, 2.45) is 0 Å². The molecule has 0 unspecified atom stereocenters. The zero-order valence-electron chi connectivity index (χ0n) is 5.83. The molecule has 0 saturated carbocycles. The van der Waals surface area contributed by atoms with Crippen LogP contribution >= 0.6 is 12.4 Å². The highest BCUT2D eigenvalue weighted by Gasteiger charge is 2.12. The topological polar surface area (TPSA) is 32.9 Å². The summed E-state index contributed by atoms with van der Waals surface area (Å²) in [4.78, 5) is 14.0. The minimum Gasteiger partial charge on any atom is -0.358 e. The highest BCUT2D eigenvalue weighted by atomic mass is 35.5. The predicted molar refractivity (Wildman–Crippen MR) is 46.0 cm³/mol. The van der Waals surface area contributed by atoms with Gasteiger partial charge in [0.2, 0.25) is 0 Å². The molecule has 0 radical (unpaired) electrons. The number of carbonyl (C=O) groups is 1. The number of nitrogens with one attached hydrogen (secondary N) is 1. The molecule has 2 nitrogen and oxygen atoms in total. The Morgan fingerprint density at radius 1 is 1.45 bits per heavy atom. The fourth-order valence-corrected chi connectivity index (χ4v) is 1.16. The van der Waals surface area contributed by atoms with E-state index < -0.39 is 0 Å². The van der Waals surface area contributed by atoms with Crippen LogP contribution < -0.4 is 0 Å². The van der Waals surface area contributed by atoms with Crippen molar-refractivity contribution in [3.63, 3.8) is 0 Å². The van der Waals surface area contributed by atoms with E-state index in [1.807, 2.05) is 18.2 Å². The van der Waals surface area contributed by atoms with Crippen LogP contribution in [0.5, 0.6) is 0 Å². The number of fused-ring (bicyclic) bond motifs is 1.